The Morgan fingerprint density at radius 3 is 2.35 bits per heavy atom. The first-order valence-electron chi connectivity index (χ1n) is 6.58. The van der Waals surface area contributed by atoms with Crippen LogP contribution in [0, 0.1) is 0 Å². The number of ketones is 1. The normalized spacial score (nSPS) is 10.7. The lowest BCUT2D eigenvalue weighted by atomic mass is 10.1. The third kappa shape index (κ3) is 5.13. The van der Waals surface area contributed by atoms with E-state index in [1.807, 2.05) is 0 Å². The molecule has 0 atom stereocenters. The molecule has 0 bridgehead atoms. The number of ether oxygens (including phenoxy) is 1. The highest BCUT2D eigenvalue weighted by Gasteiger charge is 2.04. The molecule has 6 heteroatoms. The first kappa shape index (κ1) is 17.1. The molecule has 23 heavy (non-hydrogen) atoms. The van der Waals surface area contributed by atoms with E-state index in [0.29, 0.717) is 21.4 Å². The van der Waals surface area contributed by atoms with Crippen molar-refractivity contribution in [2.24, 2.45) is 0 Å². The molecule has 0 heterocycles. The van der Waals surface area contributed by atoms with Crippen molar-refractivity contribution >= 4 is 41.0 Å². The van der Waals surface area contributed by atoms with Crippen molar-refractivity contribution in [1.82, 2.24) is 0 Å². The molecule has 2 aromatic carbocycles. The van der Waals surface area contributed by atoms with Crippen LogP contribution in [-0.4, -0.2) is 23.5 Å². The fraction of sp³-hybridized carbons (Fsp3) is 0.0588. The molecule has 0 spiro atoms. The van der Waals surface area contributed by atoms with Gasteiger partial charge in [-0.1, -0.05) is 35.3 Å². The summed E-state index contributed by atoms with van der Waals surface area (Å²) >= 11 is 11.7. The summed E-state index contributed by atoms with van der Waals surface area (Å²) in [6.45, 7) is -0.426. The summed E-state index contributed by atoms with van der Waals surface area (Å²) in [5.74, 6) is -0.868. The van der Waals surface area contributed by atoms with E-state index in [0.717, 1.165) is 5.56 Å². The first-order chi connectivity index (χ1) is 11.0. The van der Waals surface area contributed by atoms with Crippen molar-refractivity contribution in [3.63, 3.8) is 0 Å². The van der Waals surface area contributed by atoms with Gasteiger partial charge in [-0.2, -0.15) is 0 Å². The molecule has 0 aromatic heterocycles. The average molecular weight is 351 g/mol. The predicted molar refractivity (Wildman–Crippen MR) is 89.4 cm³/mol. The van der Waals surface area contributed by atoms with Gasteiger partial charge in [0, 0.05) is 5.56 Å². The summed E-state index contributed by atoms with van der Waals surface area (Å²) < 4.78 is 5.00. The van der Waals surface area contributed by atoms with Gasteiger partial charge in [0.1, 0.15) is 5.75 Å². The molecule has 0 aliphatic heterocycles. The molecule has 1 N–H and O–H groups in total. The van der Waals surface area contributed by atoms with Crippen LogP contribution in [0.5, 0.6) is 5.75 Å². The summed E-state index contributed by atoms with van der Waals surface area (Å²) in [5, 5.41) is 9.40. The van der Waals surface area contributed by atoms with E-state index in [-0.39, 0.29) is 5.78 Å². The molecule has 0 radical (unpaired) electrons. The van der Waals surface area contributed by atoms with Crippen LogP contribution in [0.15, 0.2) is 48.5 Å². The zero-order chi connectivity index (χ0) is 16.8. The molecule has 2 rings (SSSR count). The Kier molecular flexibility index (Phi) is 5.79. The highest BCUT2D eigenvalue weighted by Crippen LogP contribution is 2.23. The minimum absolute atomic E-state index is 0.194. The SMILES string of the molecule is O=C(O)COc1ccc(C(=O)/C=C\c2ccc(Cl)c(Cl)c2)cc1. The van der Waals surface area contributed by atoms with Gasteiger partial charge in [0.25, 0.3) is 0 Å². The lowest BCUT2D eigenvalue weighted by Gasteiger charge is -2.03. The van der Waals surface area contributed by atoms with Gasteiger partial charge >= 0.3 is 5.97 Å². The van der Waals surface area contributed by atoms with E-state index >= 15 is 0 Å². The Labute approximate surface area is 142 Å². The zero-order valence-corrected chi connectivity index (χ0v) is 13.3. The second kappa shape index (κ2) is 7.81. The van der Waals surface area contributed by atoms with Crippen LogP contribution >= 0.6 is 23.2 Å². The van der Waals surface area contributed by atoms with E-state index in [4.69, 9.17) is 33.0 Å². The van der Waals surface area contributed by atoms with E-state index in [2.05, 4.69) is 0 Å². The summed E-state index contributed by atoms with van der Waals surface area (Å²) in [4.78, 5) is 22.5. The van der Waals surface area contributed by atoms with E-state index in [1.165, 1.54) is 6.08 Å². The van der Waals surface area contributed by atoms with Gasteiger partial charge in [-0.25, -0.2) is 4.79 Å². The number of carboxylic acid groups (broad SMARTS) is 1. The Balaban J connectivity index is 2.03. The number of hydrogen-bond donors (Lipinski definition) is 1. The van der Waals surface area contributed by atoms with E-state index in [1.54, 1.807) is 48.5 Å². The highest BCUT2D eigenvalue weighted by molar-refractivity contribution is 6.42. The van der Waals surface area contributed by atoms with Crippen LogP contribution in [0.25, 0.3) is 6.08 Å². The lowest BCUT2D eigenvalue weighted by molar-refractivity contribution is -0.139. The molecule has 0 fully saturated rings. The van der Waals surface area contributed by atoms with Gasteiger partial charge in [-0.05, 0) is 48.0 Å². The molecule has 4 nitrogen and oxygen atoms in total. The molecule has 0 amide bonds. The average Bonchev–Trinajstić information content (AvgIpc) is 2.54. The molecule has 0 unspecified atom stereocenters. The number of carboxylic acids is 1. The first-order valence-corrected chi connectivity index (χ1v) is 7.33. The van der Waals surface area contributed by atoms with Gasteiger partial charge < -0.3 is 9.84 Å². The summed E-state index contributed by atoms with van der Waals surface area (Å²) in [5.41, 5.74) is 1.22. The summed E-state index contributed by atoms with van der Waals surface area (Å²) in [7, 11) is 0. The van der Waals surface area contributed by atoms with Crippen molar-refractivity contribution in [2.75, 3.05) is 6.61 Å². The number of benzene rings is 2. The van der Waals surface area contributed by atoms with Crippen LogP contribution in [0.3, 0.4) is 0 Å². The minimum atomic E-state index is -1.06. The van der Waals surface area contributed by atoms with Crippen LogP contribution in [0.4, 0.5) is 0 Å². The predicted octanol–water partition coefficient (Wildman–Crippen LogP) is 4.35. The van der Waals surface area contributed by atoms with Crippen LogP contribution in [-0.2, 0) is 4.79 Å². The number of halogens is 2. The quantitative estimate of drug-likeness (QED) is 0.621. The van der Waals surface area contributed by atoms with E-state index in [9.17, 15) is 9.59 Å². The van der Waals surface area contributed by atoms with Gasteiger partial charge in [-0.15, -0.1) is 0 Å². The Bertz CT molecular complexity index is 752. The van der Waals surface area contributed by atoms with Gasteiger partial charge in [0.05, 0.1) is 10.0 Å². The van der Waals surface area contributed by atoms with Crippen molar-refractivity contribution < 1.29 is 19.4 Å². The number of rotatable bonds is 6. The molecule has 0 saturated heterocycles. The molecule has 0 aliphatic rings. The maximum Gasteiger partial charge on any atom is 0.341 e. The maximum atomic E-state index is 12.1. The van der Waals surface area contributed by atoms with Crippen molar-refractivity contribution in [3.05, 3.63) is 69.7 Å². The van der Waals surface area contributed by atoms with Crippen LogP contribution in [0.1, 0.15) is 15.9 Å². The standard InChI is InChI=1S/C17H12Cl2O4/c18-14-7-1-11(9-15(14)19)2-8-16(20)12-3-5-13(6-4-12)23-10-17(21)22/h1-9H,10H2,(H,21,22)/b8-2-. The van der Waals surface area contributed by atoms with Crippen molar-refractivity contribution in [2.45, 2.75) is 0 Å². The zero-order valence-electron chi connectivity index (χ0n) is 11.8. The smallest absolute Gasteiger partial charge is 0.341 e. The third-order valence-corrected chi connectivity index (χ3v) is 3.61. The molecule has 2 aromatic rings. The molecule has 118 valence electrons. The highest BCUT2D eigenvalue weighted by atomic mass is 35.5. The van der Waals surface area contributed by atoms with Gasteiger partial charge in [-0.3, -0.25) is 4.79 Å². The summed E-state index contributed by atoms with van der Waals surface area (Å²) in [6, 6.07) is 11.3. The minimum Gasteiger partial charge on any atom is -0.482 e. The van der Waals surface area contributed by atoms with Crippen molar-refractivity contribution in [1.29, 1.82) is 0 Å². The Morgan fingerprint density at radius 2 is 1.74 bits per heavy atom. The Morgan fingerprint density at radius 1 is 1.04 bits per heavy atom. The van der Waals surface area contributed by atoms with E-state index < -0.39 is 12.6 Å². The second-order valence-corrected chi connectivity index (χ2v) is 5.39. The second-order valence-electron chi connectivity index (χ2n) is 4.58. The maximum absolute atomic E-state index is 12.1. The topological polar surface area (TPSA) is 63.6 Å². The third-order valence-electron chi connectivity index (χ3n) is 2.87. The van der Waals surface area contributed by atoms with Crippen molar-refractivity contribution in [3.8, 4) is 5.75 Å². The van der Waals surface area contributed by atoms with Crippen LogP contribution in [0.2, 0.25) is 10.0 Å². The number of carbonyl (C=O) groups excluding carboxylic acids is 1. The number of hydrogen-bond acceptors (Lipinski definition) is 3. The number of allylic oxidation sites excluding steroid dienone is 1. The molecular formula is C17H12Cl2O4. The monoisotopic (exact) mass is 350 g/mol. The molecule has 0 saturated carbocycles. The summed E-state index contributed by atoms with van der Waals surface area (Å²) in [6.07, 6.45) is 3.06. The fourth-order valence-electron chi connectivity index (χ4n) is 1.74. The van der Waals surface area contributed by atoms with Crippen LogP contribution < -0.4 is 4.74 Å². The van der Waals surface area contributed by atoms with Gasteiger partial charge in [0.15, 0.2) is 12.4 Å². The molecular weight excluding hydrogens is 339 g/mol. The lowest BCUT2D eigenvalue weighted by Crippen LogP contribution is -2.09. The number of aliphatic carboxylic acids is 1. The number of carbonyl (C=O) groups is 2. The largest absolute Gasteiger partial charge is 0.482 e. The Hall–Kier alpha value is -2.30. The fourth-order valence-corrected chi connectivity index (χ4v) is 2.05. The van der Waals surface area contributed by atoms with Gasteiger partial charge in [0.2, 0.25) is 0 Å². The molecule has 0 aliphatic carbocycles.